The van der Waals surface area contributed by atoms with Crippen LogP contribution in [-0.4, -0.2) is 58.8 Å². The predicted molar refractivity (Wildman–Crippen MR) is 66.5 cm³/mol. The van der Waals surface area contributed by atoms with Gasteiger partial charge in [0.15, 0.2) is 0 Å². The molecule has 0 unspecified atom stereocenters. The number of nitrogens with zero attached hydrogens (tertiary/aromatic N) is 6. The Hall–Kier alpha value is -1.39. The fourth-order valence-electron chi connectivity index (χ4n) is 2.53. The largest absolute Gasteiger partial charge is 0.362 e. The standard InChI is InChI=1S/C10H14N7.Al/c1-7-9(12-6-11-7)8-2-4-17(5-3-8)10-13-15-16-14-10;/h6,8H,2-5H2,1H3,(H-,11,12,13,14,15,16);/q-1;+1. The van der Waals surface area contributed by atoms with Gasteiger partial charge in [0.1, 0.15) is 0 Å². The van der Waals surface area contributed by atoms with Crippen molar-refractivity contribution in [1.82, 2.24) is 29.2 Å². The third-order valence-electron chi connectivity index (χ3n) is 3.51. The Morgan fingerprint density at radius 3 is 2.72 bits per heavy atom. The summed E-state index contributed by atoms with van der Waals surface area (Å²) in [5.41, 5.74) is 2.39. The molecule has 2 aromatic heterocycles. The molecule has 1 N–H and O–H groups in total. The number of nitrogens with one attached hydrogen (secondary N) is 1. The molecule has 2 aromatic rings. The van der Waals surface area contributed by atoms with Gasteiger partial charge in [-0.25, -0.2) is 4.98 Å². The first kappa shape index (κ1) is 11.7. The summed E-state index contributed by atoms with van der Waals surface area (Å²) < 4.78 is 1.64. The van der Waals surface area contributed by atoms with Crippen molar-refractivity contribution in [1.29, 1.82) is 0 Å². The Bertz CT molecular complexity index is 478. The summed E-state index contributed by atoms with van der Waals surface area (Å²) in [6, 6.07) is 0. The highest BCUT2D eigenvalue weighted by atomic mass is 27.1. The van der Waals surface area contributed by atoms with E-state index in [1.165, 1.54) is 11.4 Å². The highest BCUT2D eigenvalue weighted by molar-refractivity contribution is 6.07. The maximum absolute atomic E-state index is 4.42. The number of aromatic amines is 1. The molecule has 7 nitrogen and oxygen atoms in total. The van der Waals surface area contributed by atoms with Crippen LogP contribution in [0.5, 0.6) is 0 Å². The second-order valence-corrected chi connectivity index (χ2v) is 5.09. The second-order valence-electron chi connectivity index (χ2n) is 4.60. The quantitative estimate of drug-likeness (QED) is 0.769. The van der Waals surface area contributed by atoms with Crippen LogP contribution < -0.4 is 4.90 Å². The third-order valence-corrected chi connectivity index (χ3v) is 3.84. The molecule has 1 aliphatic rings. The van der Waals surface area contributed by atoms with Gasteiger partial charge in [-0.3, -0.25) is 0 Å². The summed E-state index contributed by atoms with van der Waals surface area (Å²) in [6.45, 7) is 4.01. The number of aryl methyl sites for hydroxylation is 1. The van der Waals surface area contributed by atoms with Crippen LogP contribution in [-0.2, 0) is 0 Å². The first-order chi connectivity index (χ1) is 8.75. The van der Waals surface area contributed by atoms with Gasteiger partial charge in [0.2, 0.25) is 5.95 Å². The molecule has 92 valence electrons. The number of hydrogen-bond acceptors (Lipinski definition) is 5. The lowest BCUT2D eigenvalue weighted by Gasteiger charge is -2.31. The van der Waals surface area contributed by atoms with Crippen LogP contribution in [0.25, 0.3) is 0 Å². The van der Waals surface area contributed by atoms with Gasteiger partial charge in [0.05, 0.1) is 12.0 Å². The van der Waals surface area contributed by atoms with E-state index in [-0.39, 0.29) is 0 Å². The molecule has 1 aliphatic heterocycles. The molecule has 1 saturated heterocycles. The van der Waals surface area contributed by atoms with Gasteiger partial charge in [-0.2, -0.15) is 0 Å². The summed E-state index contributed by atoms with van der Waals surface area (Å²) in [5.74, 6) is 1.36. The van der Waals surface area contributed by atoms with Crippen LogP contribution in [0, 0.1) is 6.92 Å². The van der Waals surface area contributed by atoms with Crippen molar-refractivity contribution in [2.24, 2.45) is 0 Å². The molecule has 2 radical (unpaired) electrons. The lowest BCUT2D eigenvalue weighted by atomic mass is 9.93. The highest BCUT2D eigenvalue weighted by Crippen LogP contribution is 2.29. The summed E-state index contributed by atoms with van der Waals surface area (Å²) in [4.78, 5) is 9.78. The molecule has 18 heavy (non-hydrogen) atoms. The Kier molecular flexibility index (Phi) is 3.06. The van der Waals surface area contributed by atoms with Crippen molar-refractivity contribution in [2.45, 2.75) is 25.7 Å². The maximum atomic E-state index is 4.42. The molecule has 0 saturated carbocycles. The summed E-state index contributed by atoms with van der Waals surface area (Å²) in [5, 5.41) is 11.5. The van der Waals surface area contributed by atoms with Gasteiger partial charge in [-0.15, -0.1) is 0 Å². The van der Waals surface area contributed by atoms with Crippen molar-refractivity contribution < 1.29 is 0 Å². The van der Waals surface area contributed by atoms with Crippen LogP contribution in [0.3, 0.4) is 0 Å². The van der Waals surface area contributed by atoms with Gasteiger partial charge in [0.25, 0.3) is 0 Å². The lowest BCUT2D eigenvalue weighted by Crippen LogP contribution is -2.35. The molecule has 3 rings (SSSR count). The van der Waals surface area contributed by atoms with E-state index < -0.39 is 0 Å². The smallest absolute Gasteiger partial charge is 0.348 e. The first-order valence-electron chi connectivity index (χ1n) is 6.04. The van der Waals surface area contributed by atoms with E-state index in [0.717, 1.165) is 31.9 Å². The van der Waals surface area contributed by atoms with E-state index in [0.29, 0.717) is 5.92 Å². The maximum Gasteiger partial charge on any atom is 0.362 e. The minimum Gasteiger partial charge on any atom is -0.348 e. The van der Waals surface area contributed by atoms with Gasteiger partial charge in [0, 0.05) is 24.7 Å². The van der Waals surface area contributed by atoms with Crippen LogP contribution in [0.4, 0.5) is 5.95 Å². The zero-order valence-corrected chi connectivity index (χ0v) is 11.4. The van der Waals surface area contributed by atoms with Gasteiger partial charge < -0.3 is 13.5 Å². The number of aromatic nitrogens is 6. The molecule has 8 heteroatoms. The van der Waals surface area contributed by atoms with Crippen molar-refractivity contribution in [3.8, 4) is 0 Å². The minimum absolute atomic E-state index is 0.543. The average molecular weight is 259 g/mol. The summed E-state index contributed by atoms with van der Waals surface area (Å²) in [7, 11) is 0. The van der Waals surface area contributed by atoms with Crippen LogP contribution >= 0.6 is 0 Å². The number of hydrogen-bond donors (Lipinski definition) is 1. The molecule has 0 spiro atoms. The highest BCUT2D eigenvalue weighted by Gasteiger charge is 2.25. The Morgan fingerprint density at radius 1 is 1.39 bits per heavy atom. The molecule has 0 bridgehead atoms. The molecule has 1 fully saturated rings. The molecule has 0 amide bonds. The Labute approximate surface area is 113 Å². The number of tetrazole rings is 1. The molecule has 0 atom stereocenters. The monoisotopic (exact) mass is 259 g/mol. The number of H-pyrrole nitrogens is 1. The molecule has 0 aliphatic carbocycles. The zero-order valence-electron chi connectivity index (χ0n) is 10.2. The van der Waals surface area contributed by atoms with E-state index in [1.54, 1.807) is 9.99 Å². The lowest BCUT2D eigenvalue weighted by molar-refractivity contribution is 0.489. The third kappa shape index (κ3) is 2.02. The summed E-state index contributed by atoms with van der Waals surface area (Å²) in [6.07, 6.45) is 3.95. The average Bonchev–Trinajstić information content (AvgIpc) is 2.98. The van der Waals surface area contributed by atoms with Crippen LogP contribution in [0.1, 0.15) is 30.1 Å². The molecule has 3 heterocycles. The fraction of sp³-hybridized carbons (Fsp3) is 0.600. The number of anilines is 1. The van der Waals surface area contributed by atoms with E-state index in [4.69, 9.17) is 0 Å². The van der Waals surface area contributed by atoms with Gasteiger partial charge >= 0.3 is 16.5 Å². The Balaban J connectivity index is 1.69. The van der Waals surface area contributed by atoms with E-state index >= 15 is 0 Å². The van der Waals surface area contributed by atoms with Crippen molar-refractivity contribution in [3.05, 3.63) is 17.7 Å². The second kappa shape index (κ2) is 4.71. The number of rotatable bonds is 2. The predicted octanol–water partition coefficient (Wildman–Crippen LogP) is 0.0202. The number of imidazole rings is 1. The summed E-state index contributed by atoms with van der Waals surface area (Å²) >= 11 is 2.50. The minimum atomic E-state index is 0.543. The normalized spacial score (nSPS) is 17.3. The molecule has 0 aromatic carbocycles. The van der Waals surface area contributed by atoms with E-state index in [1.807, 2.05) is 0 Å². The van der Waals surface area contributed by atoms with Crippen LogP contribution in [0.15, 0.2) is 6.33 Å². The molecular formula is C10H14AlN7. The number of piperidine rings is 1. The SMILES string of the molecule is Cc1[nH]cnc1C1CCN(c2nnn[n]2[Al])CC1. The fourth-order valence-corrected chi connectivity index (χ4v) is 2.79. The topological polar surface area (TPSA) is 75.5 Å². The van der Waals surface area contributed by atoms with Crippen LogP contribution in [0.2, 0.25) is 0 Å². The van der Waals surface area contributed by atoms with E-state index in [9.17, 15) is 0 Å². The van der Waals surface area contributed by atoms with E-state index in [2.05, 4.69) is 53.8 Å². The van der Waals surface area contributed by atoms with Crippen molar-refractivity contribution in [3.63, 3.8) is 0 Å². The Morgan fingerprint density at radius 2 is 2.17 bits per heavy atom. The van der Waals surface area contributed by atoms with Gasteiger partial charge in [-0.05, 0) is 25.0 Å². The van der Waals surface area contributed by atoms with Crippen molar-refractivity contribution in [2.75, 3.05) is 18.0 Å². The first-order valence-corrected chi connectivity index (χ1v) is 6.55. The molecular weight excluding hydrogens is 245 g/mol. The zero-order chi connectivity index (χ0) is 12.5. The van der Waals surface area contributed by atoms with Crippen molar-refractivity contribution >= 4 is 22.5 Å². The van der Waals surface area contributed by atoms with Gasteiger partial charge in [-0.1, -0.05) is 10.3 Å².